The van der Waals surface area contributed by atoms with Crippen LogP contribution in [0, 0.1) is 0 Å². The predicted molar refractivity (Wildman–Crippen MR) is 233 cm³/mol. The van der Waals surface area contributed by atoms with Gasteiger partial charge in [0, 0.05) is 53.6 Å². The third-order valence-corrected chi connectivity index (χ3v) is 11.8. The number of nitrogens with zero attached hydrogens (tertiary/aromatic N) is 2. The maximum Gasteiger partial charge on any atom is 0.227 e. The summed E-state index contributed by atoms with van der Waals surface area (Å²) >= 11 is 1.84. The molecule has 0 aliphatic heterocycles. The molecule has 0 saturated carbocycles. The van der Waals surface area contributed by atoms with Crippen LogP contribution in [0.15, 0.2) is 199 Å². The van der Waals surface area contributed by atoms with E-state index in [2.05, 4.69) is 199 Å². The number of hydrogen-bond donors (Lipinski definition) is 0. The van der Waals surface area contributed by atoms with Gasteiger partial charge in [0.05, 0.1) is 0 Å². The summed E-state index contributed by atoms with van der Waals surface area (Å²) < 4.78 is 9.27. The van der Waals surface area contributed by atoms with Gasteiger partial charge in [-0.05, 0) is 87.6 Å². The van der Waals surface area contributed by atoms with Crippen LogP contribution in [0.2, 0.25) is 0 Å². The van der Waals surface area contributed by atoms with Crippen molar-refractivity contribution < 1.29 is 4.42 Å². The van der Waals surface area contributed by atoms with Gasteiger partial charge in [-0.2, -0.15) is 0 Å². The minimum atomic E-state index is 0.602. The summed E-state index contributed by atoms with van der Waals surface area (Å²) in [4.78, 5) is 7.51. The average molecular weight is 721 g/mol. The van der Waals surface area contributed by atoms with Gasteiger partial charge < -0.3 is 9.32 Å². The summed E-state index contributed by atoms with van der Waals surface area (Å²) in [5, 5.41) is 7.03. The van der Waals surface area contributed by atoms with Crippen LogP contribution in [0.4, 0.5) is 17.1 Å². The highest BCUT2D eigenvalue weighted by molar-refractivity contribution is 7.25. The first-order valence-corrected chi connectivity index (χ1v) is 19.4. The number of rotatable bonds is 6. The van der Waals surface area contributed by atoms with Crippen molar-refractivity contribution in [2.24, 2.45) is 0 Å². The van der Waals surface area contributed by atoms with E-state index >= 15 is 0 Å². The molecule has 0 N–H and O–H groups in total. The average Bonchev–Trinajstić information content (AvgIpc) is 3.88. The molecule has 0 aliphatic carbocycles. The van der Waals surface area contributed by atoms with Gasteiger partial charge in [-0.15, -0.1) is 11.3 Å². The number of oxazole rings is 1. The Balaban J connectivity index is 1.07. The van der Waals surface area contributed by atoms with E-state index < -0.39 is 0 Å². The Hall–Kier alpha value is -7.01. The SMILES string of the molecule is c1ccc(-c2ccccc2-c2ccc(N(c3cccc(-c4nc5c6ccccc6c6ccccc6c5o4)c3)c3ccc4sc5ccccc5c4c3)cc2)cc1. The second-order valence-corrected chi connectivity index (χ2v) is 15.0. The molecule has 11 rings (SSSR count). The molecule has 258 valence electrons. The van der Waals surface area contributed by atoms with Gasteiger partial charge in [-0.3, -0.25) is 0 Å². The number of hydrogen-bond acceptors (Lipinski definition) is 4. The number of anilines is 3. The van der Waals surface area contributed by atoms with Gasteiger partial charge in [0.1, 0.15) is 5.52 Å². The number of aromatic nitrogens is 1. The smallest absolute Gasteiger partial charge is 0.227 e. The molecular formula is C51H32N2OS. The van der Waals surface area contributed by atoms with Crippen molar-refractivity contribution in [3.05, 3.63) is 194 Å². The van der Waals surface area contributed by atoms with Crippen LogP contribution in [-0.2, 0) is 0 Å². The first kappa shape index (κ1) is 31.5. The van der Waals surface area contributed by atoms with Crippen LogP contribution in [0.1, 0.15) is 0 Å². The first-order chi connectivity index (χ1) is 27.3. The molecular weight excluding hydrogens is 689 g/mol. The molecule has 0 fully saturated rings. The molecule has 0 radical (unpaired) electrons. The molecule has 0 amide bonds. The molecule has 0 atom stereocenters. The Kier molecular flexibility index (Phi) is 7.35. The van der Waals surface area contributed by atoms with E-state index in [4.69, 9.17) is 9.40 Å². The van der Waals surface area contributed by atoms with Crippen molar-refractivity contribution in [1.29, 1.82) is 0 Å². The van der Waals surface area contributed by atoms with Gasteiger partial charge in [-0.1, -0.05) is 140 Å². The molecule has 0 spiro atoms. The fourth-order valence-electron chi connectivity index (χ4n) is 8.12. The highest BCUT2D eigenvalue weighted by Crippen LogP contribution is 2.43. The third kappa shape index (κ3) is 5.30. The molecule has 11 aromatic rings. The van der Waals surface area contributed by atoms with Crippen LogP contribution < -0.4 is 4.90 Å². The summed E-state index contributed by atoms with van der Waals surface area (Å²) in [6.45, 7) is 0. The summed E-state index contributed by atoms with van der Waals surface area (Å²) in [6.07, 6.45) is 0. The minimum Gasteiger partial charge on any atom is -0.435 e. The molecule has 55 heavy (non-hydrogen) atoms. The maximum atomic E-state index is 6.70. The molecule has 9 aromatic carbocycles. The van der Waals surface area contributed by atoms with E-state index in [0.29, 0.717) is 5.89 Å². The van der Waals surface area contributed by atoms with Gasteiger partial charge in [0.2, 0.25) is 5.89 Å². The number of thiophene rings is 1. The van der Waals surface area contributed by atoms with E-state index in [0.717, 1.165) is 44.5 Å². The fourth-order valence-corrected chi connectivity index (χ4v) is 9.21. The van der Waals surface area contributed by atoms with Crippen LogP contribution in [0.3, 0.4) is 0 Å². The number of benzene rings is 9. The standard InChI is InChI=1S/C51H32N2OS/c1-2-13-33(14-3-1)39-17-4-5-18-40(39)34-25-27-36(28-26-34)53(38-29-30-48-46(32-38)43-21-10-11-24-47(43)55-48)37-16-12-15-35(31-37)51-52-49-44-22-8-6-19-41(44)42-20-7-9-23-45(42)50(49)54-51/h1-32H. The maximum absolute atomic E-state index is 6.70. The fraction of sp³-hybridized carbons (Fsp3) is 0. The zero-order valence-electron chi connectivity index (χ0n) is 29.7. The first-order valence-electron chi connectivity index (χ1n) is 18.5. The Bertz CT molecular complexity index is 3140. The van der Waals surface area contributed by atoms with Crippen molar-refractivity contribution >= 4 is 81.2 Å². The van der Waals surface area contributed by atoms with Gasteiger partial charge in [-0.25, -0.2) is 4.98 Å². The Morgan fingerprint density at radius 1 is 0.382 bits per heavy atom. The predicted octanol–water partition coefficient (Wildman–Crippen LogP) is 15.0. The van der Waals surface area contributed by atoms with Crippen LogP contribution >= 0.6 is 11.3 Å². The second-order valence-electron chi connectivity index (χ2n) is 13.9. The second kappa shape index (κ2) is 12.8. The normalized spacial score (nSPS) is 11.6. The van der Waals surface area contributed by atoms with Crippen LogP contribution in [-0.4, -0.2) is 4.98 Å². The summed E-state index contributed by atoms with van der Waals surface area (Å²) in [5.41, 5.74) is 10.6. The lowest BCUT2D eigenvalue weighted by Crippen LogP contribution is -2.10. The van der Waals surface area contributed by atoms with E-state index in [-0.39, 0.29) is 0 Å². The summed E-state index contributed by atoms with van der Waals surface area (Å²) in [6, 6.07) is 69.2. The highest BCUT2D eigenvalue weighted by atomic mass is 32.1. The molecule has 3 nitrogen and oxygen atoms in total. The van der Waals surface area contributed by atoms with Gasteiger partial charge >= 0.3 is 0 Å². The molecule has 0 saturated heterocycles. The summed E-state index contributed by atoms with van der Waals surface area (Å²) in [7, 11) is 0. The lowest BCUT2D eigenvalue weighted by molar-refractivity contribution is 0.623. The quantitative estimate of drug-likeness (QED) is 0.160. The molecule has 2 aromatic heterocycles. The monoisotopic (exact) mass is 720 g/mol. The van der Waals surface area contributed by atoms with Crippen LogP contribution in [0.5, 0.6) is 0 Å². The molecule has 0 unspecified atom stereocenters. The summed E-state index contributed by atoms with van der Waals surface area (Å²) in [5.74, 6) is 0.602. The highest BCUT2D eigenvalue weighted by Gasteiger charge is 2.20. The minimum absolute atomic E-state index is 0.602. The van der Waals surface area contributed by atoms with Gasteiger partial charge in [0.25, 0.3) is 0 Å². The molecule has 0 bridgehead atoms. The molecule has 2 heterocycles. The third-order valence-electron chi connectivity index (χ3n) is 10.7. The van der Waals surface area contributed by atoms with Crippen molar-refractivity contribution in [2.75, 3.05) is 4.90 Å². The lowest BCUT2D eigenvalue weighted by atomic mass is 9.94. The Labute approximate surface area is 322 Å². The lowest BCUT2D eigenvalue weighted by Gasteiger charge is -2.26. The van der Waals surface area contributed by atoms with E-state index in [9.17, 15) is 0 Å². The number of fused-ring (bicyclic) bond motifs is 9. The van der Waals surface area contributed by atoms with Crippen molar-refractivity contribution in [1.82, 2.24) is 4.98 Å². The topological polar surface area (TPSA) is 29.3 Å². The van der Waals surface area contributed by atoms with Crippen molar-refractivity contribution in [3.8, 4) is 33.7 Å². The van der Waals surface area contributed by atoms with E-state index in [1.165, 1.54) is 53.2 Å². The largest absolute Gasteiger partial charge is 0.435 e. The van der Waals surface area contributed by atoms with Gasteiger partial charge in [0.15, 0.2) is 5.58 Å². The van der Waals surface area contributed by atoms with Crippen molar-refractivity contribution in [2.45, 2.75) is 0 Å². The zero-order chi connectivity index (χ0) is 36.3. The molecule has 4 heteroatoms. The Morgan fingerprint density at radius 2 is 0.945 bits per heavy atom. The zero-order valence-corrected chi connectivity index (χ0v) is 30.5. The van der Waals surface area contributed by atoms with E-state index in [1.54, 1.807) is 0 Å². The van der Waals surface area contributed by atoms with Crippen LogP contribution in [0.25, 0.3) is 86.5 Å². The van der Waals surface area contributed by atoms with E-state index in [1.807, 2.05) is 11.3 Å². The molecule has 0 aliphatic rings. The van der Waals surface area contributed by atoms with Crippen molar-refractivity contribution in [3.63, 3.8) is 0 Å². The Morgan fingerprint density at radius 3 is 1.73 bits per heavy atom.